The average Bonchev–Trinajstić information content (AvgIpc) is 2.62. The topological polar surface area (TPSA) is 66.2 Å². The summed E-state index contributed by atoms with van der Waals surface area (Å²) in [6, 6.07) is 15.2. The molecule has 3 aromatic rings. The summed E-state index contributed by atoms with van der Waals surface area (Å²) in [5, 5.41) is 18.1. The zero-order valence-corrected chi connectivity index (χ0v) is 12.0. The summed E-state index contributed by atoms with van der Waals surface area (Å²) >= 11 is 0. The van der Waals surface area contributed by atoms with Gasteiger partial charge in [0.2, 0.25) is 0 Å². The Kier molecular flexibility index (Phi) is 4.23. The Bertz CT molecular complexity index is 669. The van der Waals surface area contributed by atoms with Crippen molar-refractivity contribution >= 4 is 0 Å². The molecule has 4 nitrogen and oxygen atoms in total. The first-order valence-electron chi connectivity index (χ1n) is 7.02. The Labute approximate surface area is 128 Å². The Morgan fingerprint density at radius 1 is 0.591 bits per heavy atom. The van der Waals surface area contributed by atoms with Crippen molar-refractivity contribution in [3.8, 4) is 22.5 Å². The van der Waals surface area contributed by atoms with Crippen LogP contribution in [0.2, 0.25) is 0 Å². The van der Waals surface area contributed by atoms with Gasteiger partial charge in [-0.05, 0) is 16.7 Å². The number of rotatable bonds is 4. The standard InChI is InChI=1S/C18H16N2O2/c21-11-13-1-5-15(6-2-13)17-9-19-18(20-10-17)16-7-3-14(12-22)4-8-16/h1-10,21-22H,11-12H2. The predicted octanol–water partition coefficient (Wildman–Crippen LogP) is 2.80. The fraction of sp³-hybridized carbons (Fsp3) is 0.111. The van der Waals surface area contributed by atoms with Gasteiger partial charge in [-0.15, -0.1) is 0 Å². The molecule has 0 fully saturated rings. The van der Waals surface area contributed by atoms with Gasteiger partial charge in [0.1, 0.15) is 0 Å². The maximum Gasteiger partial charge on any atom is 0.159 e. The molecule has 0 spiro atoms. The number of benzene rings is 2. The molecule has 0 atom stereocenters. The SMILES string of the molecule is OCc1ccc(-c2cnc(-c3ccc(CO)cc3)nc2)cc1. The maximum atomic E-state index is 9.06. The lowest BCUT2D eigenvalue weighted by molar-refractivity contribution is 0.281. The molecule has 0 aliphatic heterocycles. The number of hydrogen-bond acceptors (Lipinski definition) is 4. The molecule has 0 amide bonds. The average molecular weight is 292 g/mol. The normalized spacial score (nSPS) is 10.6. The monoisotopic (exact) mass is 292 g/mol. The number of nitrogens with zero attached hydrogens (tertiary/aromatic N) is 2. The minimum atomic E-state index is 0.0317. The quantitative estimate of drug-likeness (QED) is 0.776. The summed E-state index contributed by atoms with van der Waals surface area (Å²) in [7, 11) is 0. The molecule has 22 heavy (non-hydrogen) atoms. The van der Waals surface area contributed by atoms with Gasteiger partial charge in [0.25, 0.3) is 0 Å². The minimum Gasteiger partial charge on any atom is -0.392 e. The molecule has 2 N–H and O–H groups in total. The van der Waals surface area contributed by atoms with E-state index in [9.17, 15) is 0 Å². The van der Waals surface area contributed by atoms with Crippen molar-refractivity contribution in [2.24, 2.45) is 0 Å². The third-order valence-electron chi connectivity index (χ3n) is 3.52. The van der Waals surface area contributed by atoms with Crippen LogP contribution in [0.15, 0.2) is 60.9 Å². The van der Waals surface area contributed by atoms with Gasteiger partial charge < -0.3 is 10.2 Å². The second-order valence-corrected chi connectivity index (χ2v) is 5.01. The van der Waals surface area contributed by atoms with E-state index in [0.29, 0.717) is 5.82 Å². The van der Waals surface area contributed by atoms with Crippen LogP contribution in [0.5, 0.6) is 0 Å². The third-order valence-corrected chi connectivity index (χ3v) is 3.52. The number of aromatic nitrogens is 2. The van der Waals surface area contributed by atoms with Crippen LogP contribution < -0.4 is 0 Å². The van der Waals surface area contributed by atoms with E-state index in [2.05, 4.69) is 9.97 Å². The van der Waals surface area contributed by atoms with E-state index in [1.54, 1.807) is 12.4 Å². The number of aliphatic hydroxyl groups is 2. The van der Waals surface area contributed by atoms with Gasteiger partial charge in [-0.1, -0.05) is 48.5 Å². The van der Waals surface area contributed by atoms with Crippen LogP contribution in [0.1, 0.15) is 11.1 Å². The fourth-order valence-electron chi connectivity index (χ4n) is 2.19. The molecule has 0 radical (unpaired) electrons. The zero-order valence-electron chi connectivity index (χ0n) is 12.0. The smallest absolute Gasteiger partial charge is 0.159 e. The van der Waals surface area contributed by atoms with E-state index in [4.69, 9.17) is 10.2 Å². The molecule has 1 heterocycles. The highest BCUT2D eigenvalue weighted by Crippen LogP contribution is 2.21. The predicted molar refractivity (Wildman–Crippen MR) is 84.7 cm³/mol. The van der Waals surface area contributed by atoms with Crippen LogP contribution in [0.3, 0.4) is 0 Å². The fourth-order valence-corrected chi connectivity index (χ4v) is 2.19. The maximum absolute atomic E-state index is 9.06. The van der Waals surface area contributed by atoms with Gasteiger partial charge in [0.05, 0.1) is 13.2 Å². The van der Waals surface area contributed by atoms with E-state index >= 15 is 0 Å². The Morgan fingerprint density at radius 3 is 1.50 bits per heavy atom. The first kappa shape index (κ1) is 14.4. The minimum absolute atomic E-state index is 0.0317. The van der Waals surface area contributed by atoms with Gasteiger partial charge in [0.15, 0.2) is 5.82 Å². The number of aliphatic hydroxyl groups excluding tert-OH is 2. The van der Waals surface area contributed by atoms with Gasteiger partial charge in [0, 0.05) is 23.5 Å². The second-order valence-electron chi connectivity index (χ2n) is 5.01. The summed E-state index contributed by atoms with van der Waals surface area (Å²) < 4.78 is 0. The zero-order chi connectivity index (χ0) is 15.4. The molecule has 3 rings (SSSR count). The molecule has 0 aliphatic rings. The van der Waals surface area contributed by atoms with Crippen molar-refractivity contribution in [2.75, 3.05) is 0 Å². The summed E-state index contributed by atoms with van der Waals surface area (Å²) in [5.74, 6) is 0.653. The van der Waals surface area contributed by atoms with Crippen molar-refractivity contribution in [1.29, 1.82) is 0 Å². The molecule has 110 valence electrons. The Balaban J connectivity index is 1.84. The molecule has 0 bridgehead atoms. The van der Waals surface area contributed by atoms with Crippen LogP contribution in [0, 0.1) is 0 Å². The highest BCUT2D eigenvalue weighted by atomic mass is 16.3. The summed E-state index contributed by atoms with van der Waals surface area (Å²) in [6.45, 7) is 0.0729. The Hall–Kier alpha value is -2.56. The highest BCUT2D eigenvalue weighted by molar-refractivity contribution is 5.64. The molecular formula is C18H16N2O2. The third kappa shape index (κ3) is 3.03. The van der Waals surface area contributed by atoms with Crippen LogP contribution >= 0.6 is 0 Å². The van der Waals surface area contributed by atoms with E-state index in [-0.39, 0.29) is 13.2 Å². The summed E-state index contributed by atoms with van der Waals surface area (Å²) in [6.07, 6.45) is 3.58. The van der Waals surface area contributed by atoms with Crippen molar-refractivity contribution in [2.45, 2.75) is 13.2 Å². The lowest BCUT2D eigenvalue weighted by atomic mass is 10.1. The van der Waals surface area contributed by atoms with Crippen LogP contribution in [0.25, 0.3) is 22.5 Å². The molecule has 0 unspecified atom stereocenters. The number of hydrogen-bond donors (Lipinski definition) is 2. The van der Waals surface area contributed by atoms with Crippen molar-refractivity contribution in [3.05, 3.63) is 72.1 Å². The molecule has 4 heteroatoms. The summed E-state index contributed by atoms with van der Waals surface area (Å²) in [5.41, 5.74) is 4.61. The molecule has 1 aromatic heterocycles. The molecule has 0 aliphatic carbocycles. The van der Waals surface area contributed by atoms with Gasteiger partial charge in [-0.3, -0.25) is 0 Å². The van der Waals surface area contributed by atoms with E-state index < -0.39 is 0 Å². The van der Waals surface area contributed by atoms with Crippen LogP contribution in [-0.4, -0.2) is 20.2 Å². The Morgan fingerprint density at radius 2 is 1.05 bits per heavy atom. The molecule has 2 aromatic carbocycles. The molecule has 0 saturated heterocycles. The highest BCUT2D eigenvalue weighted by Gasteiger charge is 2.03. The lowest BCUT2D eigenvalue weighted by Crippen LogP contribution is -1.91. The van der Waals surface area contributed by atoms with E-state index in [1.807, 2.05) is 48.5 Å². The van der Waals surface area contributed by atoms with Crippen molar-refractivity contribution in [3.63, 3.8) is 0 Å². The van der Waals surface area contributed by atoms with Crippen LogP contribution in [0.4, 0.5) is 0 Å². The van der Waals surface area contributed by atoms with Gasteiger partial charge in [-0.2, -0.15) is 0 Å². The first-order chi connectivity index (χ1) is 10.8. The lowest BCUT2D eigenvalue weighted by Gasteiger charge is -2.05. The van der Waals surface area contributed by atoms with Gasteiger partial charge in [-0.25, -0.2) is 9.97 Å². The first-order valence-corrected chi connectivity index (χ1v) is 7.02. The van der Waals surface area contributed by atoms with Gasteiger partial charge >= 0.3 is 0 Å². The van der Waals surface area contributed by atoms with Crippen LogP contribution in [-0.2, 0) is 13.2 Å². The largest absolute Gasteiger partial charge is 0.392 e. The molecule has 0 saturated carbocycles. The summed E-state index contributed by atoms with van der Waals surface area (Å²) in [4.78, 5) is 8.80. The molecular weight excluding hydrogens is 276 g/mol. The van der Waals surface area contributed by atoms with Crippen molar-refractivity contribution < 1.29 is 10.2 Å². The second kappa shape index (κ2) is 6.47. The van der Waals surface area contributed by atoms with E-state index in [0.717, 1.165) is 27.8 Å². The van der Waals surface area contributed by atoms with E-state index in [1.165, 1.54) is 0 Å². The van der Waals surface area contributed by atoms with Crippen molar-refractivity contribution in [1.82, 2.24) is 9.97 Å².